The first kappa shape index (κ1) is 17.5. The molecule has 0 fully saturated rings. The fraction of sp³-hybridized carbons (Fsp3) is 0.158. The second kappa shape index (κ2) is 7.78. The summed E-state index contributed by atoms with van der Waals surface area (Å²) in [5, 5.41) is 17.0. The molecule has 3 aromatic rings. The lowest BCUT2D eigenvalue weighted by Crippen LogP contribution is -2.07. The Balaban J connectivity index is 1.41. The number of carbonyl (C=O) groups is 1. The number of anilines is 4. The second-order valence-electron chi connectivity index (χ2n) is 6.09. The summed E-state index contributed by atoms with van der Waals surface area (Å²) in [5.74, 6) is 2.27. The van der Waals surface area contributed by atoms with Crippen molar-refractivity contribution in [3.05, 3.63) is 54.2 Å². The van der Waals surface area contributed by atoms with Crippen LogP contribution in [0.2, 0.25) is 0 Å². The average Bonchev–Trinajstić information content (AvgIpc) is 3.14. The molecule has 0 radical (unpaired) electrons. The van der Waals surface area contributed by atoms with Gasteiger partial charge in [-0.1, -0.05) is 12.1 Å². The number of hydrogen-bond acceptors (Lipinski definition) is 8. The first-order chi connectivity index (χ1) is 13.7. The van der Waals surface area contributed by atoms with Crippen molar-refractivity contribution < 1.29 is 14.3 Å². The van der Waals surface area contributed by atoms with Gasteiger partial charge in [0.05, 0.1) is 6.20 Å². The van der Waals surface area contributed by atoms with Crippen LogP contribution in [0, 0.1) is 0 Å². The minimum atomic E-state index is -0.129. The molecular weight excluding hydrogens is 360 g/mol. The van der Waals surface area contributed by atoms with Crippen LogP contribution in [-0.4, -0.2) is 27.9 Å². The van der Waals surface area contributed by atoms with Crippen LogP contribution < -0.4 is 25.4 Å². The molecule has 0 saturated heterocycles. The summed E-state index contributed by atoms with van der Waals surface area (Å²) in [6.07, 6.45) is 1.52. The van der Waals surface area contributed by atoms with Crippen molar-refractivity contribution in [2.45, 2.75) is 13.5 Å². The molecule has 0 saturated carbocycles. The minimum absolute atomic E-state index is 0.129. The predicted molar refractivity (Wildman–Crippen MR) is 104 cm³/mol. The molecule has 1 aliphatic rings. The Labute approximate surface area is 161 Å². The molecular formula is C19H18N6O3. The van der Waals surface area contributed by atoms with Gasteiger partial charge >= 0.3 is 0 Å². The van der Waals surface area contributed by atoms with Crippen molar-refractivity contribution >= 4 is 29.0 Å². The van der Waals surface area contributed by atoms with Crippen LogP contribution >= 0.6 is 0 Å². The lowest BCUT2D eigenvalue weighted by atomic mass is 10.2. The number of ether oxygens (including phenoxy) is 2. The summed E-state index contributed by atoms with van der Waals surface area (Å²) in [6.45, 7) is 2.22. The summed E-state index contributed by atoms with van der Waals surface area (Å²) in [7, 11) is 0. The molecule has 4 rings (SSSR count). The van der Waals surface area contributed by atoms with Gasteiger partial charge in [-0.25, -0.2) is 0 Å². The maximum Gasteiger partial charge on any atom is 0.244 e. The van der Waals surface area contributed by atoms with Crippen molar-refractivity contribution in [1.29, 1.82) is 0 Å². The summed E-state index contributed by atoms with van der Waals surface area (Å²) < 4.78 is 10.7. The molecule has 0 aliphatic carbocycles. The Kier molecular flexibility index (Phi) is 4.87. The van der Waals surface area contributed by atoms with Crippen molar-refractivity contribution in [2.75, 3.05) is 22.7 Å². The van der Waals surface area contributed by atoms with E-state index in [0.717, 1.165) is 22.7 Å². The van der Waals surface area contributed by atoms with E-state index in [0.29, 0.717) is 24.0 Å². The number of benzene rings is 2. The quantitative estimate of drug-likeness (QED) is 0.601. The van der Waals surface area contributed by atoms with Gasteiger partial charge in [0.15, 0.2) is 17.3 Å². The Morgan fingerprint density at radius 3 is 2.86 bits per heavy atom. The van der Waals surface area contributed by atoms with Gasteiger partial charge in [-0.3, -0.25) is 4.79 Å². The number of rotatable bonds is 6. The number of aromatic nitrogens is 3. The Morgan fingerprint density at radius 1 is 1.11 bits per heavy atom. The molecule has 0 bridgehead atoms. The molecule has 2 aromatic carbocycles. The zero-order valence-electron chi connectivity index (χ0n) is 15.1. The highest BCUT2D eigenvalue weighted by atomic mass is 16.7. The summed E-state index contributed by atoms with van der Waals surface area (Å²) in [6, 6.07) is 13.1. The van der Waals surface area contributed by atoms with Crippen molar-refractivity contribution in [1.82, 2.24) is 15.2 Å². The van der Waals surface area contributed by atoms with E-state index in [9.17, 15) is 4.79 Å². The van der Waals surface area contributed by atoms with E-state index >= 15 is 0 Å². The molecule has 3 N–H and O–H groups in total. The van der Waals surface area contributed by atoms with Crippen molar-refractivity contribution in [3.63, 3.8) is 0 Å². The van der Waals surface area contributed by atoms with Gasteiger partial charge in [-0.05, 0) is 35.9 Å². The van der Waals surface area contributed by atoms with Crippen molar-refractivity contribution in [2.24, 2.45) is 0 Å². The van der Waals surface area contributed by atoms with Crippen LogP contribution in [0.3, 0.4) is 0 Å². The van der Waals surface area contributed by atoms with E-state index in [4.69, 9.17) is 9.47 Å². The summed E-state index contributed by atoms with van der Waals surface area (Å²) in [5.41, 5.74) is 2.48. The maximum atomic E-state index is 11.2. The van der Waals surface area contributed by atoms with Crippen LogP contribution in [0.15, 0.2) is 48.7 Å². The molecule has 1 amide bonds. The number of nitrogens with one attached hydrogen (secondary N) is 3. The van der Waals surface area contributed by atoms with E-state index < -0.39 is 0 Å². The van der Waals surface area contributed by atoms with Gasteiger partial charge in [-0.15, -0.1) is 5.10 Å². The number of amides is 1. The van der Waals surface area contributed by atoms with Crippen molar-refractivity contribution in [3.8, 4) is 11.5 Å². The lowest BCUT2D eigenvalue weighted by molar-refractivity contribution is -0.114. The van der Waals surface area contributed by atoms with Crippen LogP contribution in [0.5, 0.6) is 11.5 Å². The SMILES string of the molecule is CC(=O)Nc1cccc(Nc2cnnc(NCc3ccc4c(c3)OCO4)n2)c1. The first-order valence-electron chi connectivity index (χ1n) is 8.62. The Morgan fingerprint density at radius 2 is 1.96 bits per heavy atom. The first-order valence-corrected chi connectivity index (χ1v) is 8.62. The third-order valence-corrected chi connectivity index (χ3v) is 3.90. The van der Waals surface area contributed by atoms with E-state index in [-0.39, 0.29) is 12.7 Å². The number of carbonyl (C=O) groups excluding carboxylic acids is 1. The van der Waals surface area contributed by atoms with Gasteiger partial charge in [-0.2, -0.15) is 10.1 Å². The van der Waals surface area contributed by atoms with E-state index in [1.807, 2.05) is 42.5 Å². The van der Waals surface area contributed by atoms with Crippen LogP contribution in [0.1, 0.15) is 12.5 Å². The highest BCUT2D eigenvalue weighted by molar-refractivity contribution is 5.89. The zero-order chi connectivity index (χ0) is 19.3. The second-order valence-corrected chi connectivity index (χ2v) is 6.09. The number of hydrogen-bond donors (Lipinski definition) is 3. The van der Waals surface area contributed by atoms with Gasteiger partial charge < -0.3 is 25.4 Å². The van der Waals surface area contributed by atoms with Gasteiger partial charge in [0, 0.05) is 24.8 Å². The van der Waals surface area contributed by atoms with Crippen LogP contribution in [0.4, 0.5) is 23.1 Å². The molecule has 9 heteroatoms. The topological polar surface area (TPSA) is 110 Å². The molecule has 142 valence electrons. The molecule has 0 unspecified atom stereocenters. The zero-order valence-corrected chi connectivity index (χ0v) is 15.1. The lowest BCUT2D eigenvalue weighted by Gasteiger charge is -2.09. The van der Waals surface area contributed by atoms with E-state index in [1.165, 1.54) is 13.1 Å². The Bertz CT molecular complexity index is 1010. The van der Waals surface area contributed by atoms with Crippen LogP contribution in [0.25, 0.3) is 0 Å². The molecule has 9 nitrogen and oxygen atoms in total. The molecule has 1 aliphatic heterocycles. The average molecular weight is 378 g/mol. The predicted octanol–water partition coefficient (Wildman–Crippen LogP) is 2.91. The number of nitrogens with zero attached hydrogens (tertiary/aromatic N) is 3. The highest BCUT2D eigenvalue weighted by Gasteiger charge is 2.13. The largest absolute Gasteiger partial charge is 0.454 e. The van der Waals surface area contributed by atoms with Gasteiger partial charge in [0.2, 0.25) is 18.6 Å². The third-order valence-electron chi connectivity index (χ3n) is 3.90. The third kappa shape index (κ3) is 4.26. The standard InChI is InChI=1S/C19H18N6O3/c1-12(26)22-14-3-2-4-15(8-14)23-18-10-21-25-19(24-18)20-9-13-5-6-16-17(7-13)28-11-27-16/h2-8,10H,9,11H2,1H3,(H,22,26)(H2,20,23,24,25). The monoisotopic (exact) mass is 378 g/mol. The molecule has 1 aromatic heterocycles. The molecule has 28 heavy (non-hydrogen) atoms. The minimum Gasteiger partial charge on any atom is -0.454 e. The summed E-state index contributed by atoms with van der Waals surface area (Å²) >= 11 is 0. The van der Waals surface area contributed by atoms with E-state index in [2.05, 4.69) is 31.1 Å². The maximum absolute atomic E-state index is 11.2. The highest BCUT2D eigenvalue weighted by Crippen LogP contribution is 2.32. The smallest absolute Gasteiger partial charge is 0.244 e. The fourth-order valence-electron chi connectivity index (χ4n) is 2.70. The van der Waals surface area contributed by atoms with Gasteiger partial charge in [0.25, 0.3) is 0 Å². The van der Waals surface area contributed by atoms with E-state index in [1.54, 1.807) is 0 Å². The molecule has 0 spiro atoms. The van der Waals surface area contributed by atoms with Crippen LogP contribution in [-0.2, 0) is 11.3 Å². The summed E-state index contributed by atoms with van der Waals surface area (Å²) in [4.78, 5) is 15.6. The Hall–Kier alpha value is -3.88. The molecule has 2 heterocycles. The number of fused-ring (bicyclic) bond motifs is 1. The normalized spacial score (nSPS) is 11.8. The fourth-order valence-corrected chi connectivity index (χ4v) is 2.70. The van der Waals surface area contributed by atoms with Gasteiger partial charge in [0.1, 0.15) is 0 Å². The molecule has 0 atom stereocenters.